The van der Waals surface area contributed by atoms with Gasteiger partial charge in [0.15, 0.2) is 4.80 Å². The van der Waals surface area contributed by atoms with Crippen LogP contribution in [0.3, 0.4) is 0 Å². The van der Waals surface area contributed by atoms with Gasteiger partial charge in [-0.05, 0) is 72.7 Å². The monoisotopic (exact) mass is 655 g/mol. The summed E-state index contributed by atoms with van der Waals surface area (Å²) in [7, 11) is 1.58. The van der Waals surface area contributed by atoms with Crippen molar-refractivity contribution in [3.05, 3.63) is 155 Å². The molecule has 0 fully saturated rings. The maximum atomic E-state index is 14.0. The third-order valence-corrected chi connectivity index (χ3v) is 8.86. The molecule has 2 heterocycles. The Kier molecular flexibility index (Phi) is 8.89. The van der Waals surface area contributed by atoms with Gasteiger partial charge in [0.25, 0.3) is 11.5 Å². The zero-order valence-corrected chi connectivity index (χ0v) is 26.6. The molecule has 0 saturated heterocycles. The van der Waals surface area contributed by atoms with Crippen LogP contribution in [-0.4, -0.2) is 17.6 Å². The van der Waals surface area contributed by atoms with E-state index in [1.165, 1.54) is 11.3 Å². The largest absolute Gasteiger partial charge is 0.497 e. The van der Waals surface area contributed by atoms with Gasteiger partial charge in [-0.3, -0.25) is 14.2 Å². The van der Waals surface area contributed by atoms with Crippen LogP contribution >= 0.6 is 34.5 Å². The maximum absolute atomic E-state index is 14.0. The molecule has 7 nitrogen and oxygen atoms in total. The number of halogens is 2. The first-order chi connectivity index (χ1) is 21.8. The molecule has 1 aliphatic heterocycles. The lowest BCUT2D eigenvalue weighted by Gasteiger charge is -2.25. The minimum atomic E-state index is -0.710. The highest BCUT2D eigenvalue weighted by Crippen LogP contribution is 2.32. The topological polar surface area (TPSA) is 81.9 Å². The number of methoxy groups -OCH3 is 1. The molecule has 0 saturated carbocycles. The van der Waals surface area contributed by atoms with Gasteiger partial charge < -0.3 is 14.8 Å². The number of nitrogens with one attached hydrogen (secondary N) is 1. The van der Waals surface area contributed by atoms with Crippen molar-refractivity contribution >= 4 is 52.2 Å². The zero-order valence-electron chi connectivity index (χ0n) is 24.3. The number of fused-ring (bicyclic) bond motifs is 1. The SMILES string of the molecule is COc1cccc([C@@H]2C(C(=O)Nc3ccccc3)=C(C)N=c3s/c(=C\c4ccc(OCc5ccc(Cl)cc5Cl)cc4)c(=O)n32)c1. The molecule has 4 aromatic carbocycles. The van der Waals surface area contributed by atoms with Gasteiger partial charge in [-0.25, -0.2) is 4.99 Å². The second-order valence-electron chi connectivity index (χ2n) is 10.3. The Bertz CT molecular complexity index is 2110. The standard InChI is InChI=1S/C35H27Cl2N3O4S/c1-21-31(33(41)39-26-8-4-3-5-9-26)32(23-7-6-10-28(18-23)43-2)40-34(42)30(45-35(40)38-21)17-22-11-15-27(16-12-22)44-20-24-13-14-25(36)19-29(24)37/h3-19,32H,20H2,1-2H3,(H,39,41)/b30-17-/t32-/m1/s1. The zero-order chi connectivity index (χ0) is 31.5. The Hall–Kier alpha value is -4.63. The maximum Gasteiger partial charge on any atom is 0.271 e. The summed E-state index contributed by atoms with van der Waals surface area (Å²) in [6, 6.07) is 28.6. The van der Waals surface area contributed by atoms with Gasteiger partial charge in [-0.1, -0.05) is 83.1 Å². The van der Waals surface area contributed by atoms with Crippen LogP contribution in [0.2, 0.25) is 10.0 Å². The third kappa shape index (κ3) is 6.59. The molecule has 6 rings (SSSR count). The number of benzene rings is 4. The number of carbonyl (C=O) groups excluding carboxylic acids is 1. The second-order valence-corrected chi connectivity index (χ2v) is 12.1. The van der Waals surface area contributed by atoms with E-state index in [0.29, 0.717) is 47.8 Å². The van der Waals surface area contributed by atoms with Crippen molar-refractivity contribution in [3.8, 4) is 11.5 Å². The number of amides is 1. The van der Waals surface area contributed by atoms with Crippen LogP contribution in [0.15, 0.2) is 118 Å². The first-order valence-electron chi connectivity index (χ1n) is 14.0. The Labute approximate surface area is 273 Å². The average Bonchev–Trinajstić information content (AvgIpc) is 3.34. The Morgan fingerprint density at radius 3 is 2.49 bits per heavy atom. The van der Waals surface area contributed by atoms with E-state index in [1.807, 2.05) is 91.0 Å². The van der Waals surface area contributed by atoms with Crippen molar-refractivity contribution in [1.29, 1.82) is 0 Å². The average molecular weight is 657 g/mol. The van der Waals surface area contributed by atoms with E-state index in [1.54, 1.807) is 30.7 Å². The lowest BCUT2D eigenvalue weighted by molar-refractivity contribution is -0.113. The van der Waals surface area contributed by atoms with Gasteiger partial charge in [0.1, 0.15) is 18.1 Å². The van der Waals surface area contributed by atoms with Crippen LogP contribution in [0.1, 0.15) is 29.7 Å². The molecule has 1 N–H and O–H groups in total. The molecule has 1 atom stereocenters. The highest BCUT2D eigenvalue weighted by atomic mass is 35.5. The summed E-state index contributed by atoms with van der Waals surface area (Å²) in [5.74, 6) is 0.940. The number of carbonyl (C=O) groups is 1. The quantitative estimate of drug-likeness (QED) is 0.200. The summed E-state index contributed by atoms with van der Waals surface area (Å²) in [6.07, 6.45) is 1.81. The predicted octanol–water partition coefficient (Wildman–Crippen LogP) is 6.77. The van der Waals surface area contributed by atoms with Crippen molar-refractivity contribution in [1.82, 2.24) is 4.57 Å². The minimum Gasteiger partial charge on any atom is -0.497 e. The summed E-state index contributed by atoms with van der Waals surface area (Å²) in [6.45, 7) is 2.08. The van der Waals surface area contributed by atoms with Gasteiger partial charge in [0.2, 0.25) is 0 Å². The molecule has 1 aromatic heterocycles. The van der Waals surface area contributed by atoms with E-state index in [2.05, 4.69) is 5.32 Å². The van der Waals surface area contributed by atoms with Crippen LogP contribution in [0.5, 0.6) is 11.5 Å². The van der Waals surface area contributed by atoms with Crippen LogP contribution in [0.25, 0.3) is 6.08 Å². The number of thiazole rings is 1. The molecule has 0 unspecified atom stereocenters. The van der Waals surface area contributed by atoms with Crippen LogP contribution in [0, 0.1) is 0 Å². The summed E-state index contributed by atoms with van der Waals surface area (Å²) < 4.78 is 13.5. The Balaban J connectivity index is 1.34. The van der Waals surface area contributed by atoms with Gasteiger partial charge in [-0.15, -0.1) is 0 Å². The number of hydrogen-bond donors (Lipinski definition) is 1. The van der Waals surface area contributed by atoms with E-state index in [-0.39, 0.29) is 18.1 Å². The number of allylic oxidation sites excluding steroid dienone is 1. The molecule has 45 heavy (non-hydrogen) atoms. The smallest absolute Gasteiger partial charge is 0.271 e. The molecular formula is C35H27Cl2N3O4S. The number of anilines is 1. The van der Waals surface area contributed by atoms with Crippen molar-refractivity contribution in [3.63, 3.8) is 0 Å². The van der Waals surface area contributed by atoms with Crippen molar-refractivity contribution in [2.75, 3.05) is 12.4 Å². The molecule has 0 aliphatic carbocycles. The van der Waals surface area contributed by atoms with Crippen molar-refractivity contribution in [2.24, 2.45) is 4.99 Å². The second kappa shape index (κ2) is 13.2. The van der Waals surface area contributed by atoms with Crippen LogP contribution < -0.4 is 29.7 Å². The summed E-state index contributed by atoms with van der Waals surface area (Å²) in [5, 5.41) is 4.07. The minimum absolute atomic E-state index is 0.248. The molecule has 1 aliphatic rings. The molecule has 10 heteroatoms. The lowest BCUT2D eigenvalue weighted by Crippen LogP contribution is -2.40. The molecule has 5 aromatic rings. The van der Waals surface area contributed by atoms with Crippen LogP contribution in [0.4, 0.5) is 5.69 Å². The van der Waals surface area contributed by atoms with E-state index in [9.17, 15) is 9.59 Å². The highest BCUT2D eigenvalue weighted by Gasteiger charge is 2.32. The fourth-order valence-electron chi connectivity index (χ4n) is 5.07. The van der Waals surface area contributed by atoms with E-state index < -0.39 is 6.04 Å². The van der Waals surface area contributed by atoms with Crippen LogP contribution in [-0.2, 0) is 11.4 Å². The highest BCUT2D eigenvalue weighted by molar-refractivity contribution is 7.07. The molecule has 1 amide bonds. The normalized spacial score (nSPS) is 14.5. The van der Waals surface area contributed by atoms with Crippen molar-refractivity contribution in [2.45, 2.75) is 19.6 Å². The number of ether oxygens (including phenoxy) is 2. The van der Waals surface area contributed by atoms with Crippen molar-refractivity contribution < 1.29 is 14.3 Å². The molecule has 0 spiro atoms. The van der Waals surface area contributed by atoms with E-state index >= 15 is 0 Å². The molecule has 0 radical (unpaired) electrons. The lowest BCUT2D eigenvalue weighted by atomic mass is 9.95. The summed E-state index contributed by atoms with van der Waals surface area (Å²) in [4.78, 5) is 33.0. The van der Waals surface area contributed by atoms with Gasteiger partial charge in [0.05, 0.1) is 29.0 Å². The molecular weight excluding hydrogens is 629 g/mol. The number of rotatable bonds is 8. The number of aromatic nitrogens is 1. The van der Waals surface area contributed by atoms with E-state index in [0.717, 1.165) is 16.7 Å². The van der Waals surface area contributed by atoms with Gasteiger partial charge in [-0.2, -0.15) is 0 Å². The van der Waals surface area contributed by atoms with Gasteiger partial charge in [0, 0.05) is 21.3 Å². The fraction of sp³-hybridized carbons (Fsp3) is 0.114. The molecule has 0 bridgehead atoms. The Morgan fingerprint density at radius 2 is 1.76 bits per heavy atom. The third-order valence-electron chi connectivity index (χ3n) is 7.29. The predicted molar refractivity (Wildman–Crippen MR) is 179 cm³/mol. The summed E-state index contributed by atoms with van der Waals surface area (Å²) in [5.41, 5.74) is 3.68. The number of hydrogen-bond acceptors (Lipinski definition) is 6. The number of para-hydroxylation sites is 1. The first kappa shape index (κ1) is 30.4. The Morgan fingerprint density at radius 1 is 0.978 bits per heavy atom. The molecule has 226 valence electrons. The van der Waals surface area contributed by atoms with E-state index in [4.69, 9.17) is 37.7 Å². The fourth-order valence-corrected chi connectivity index (χ4v) is 6.58. The number of nitrogens with zero attached hydrogens (tertiary/aromatic N) is 2. The first-order valence-corrected chi connectivity index (χ1v) is 15.6. The summed E-state index contributed by atoms with van der Waals surface area (Å²) >= 11 is 13.5. The van der Waals surface area contributed by atoms with Gasteiger partial charge >= 0.3 is 0 Å².